The number of aliphatic hydroxyl groups is 10. The predicted molar refractivity (Wildman–Crippen MR) is 81.6 cm³/mol. The molecule has 0 saturated carbocycles. The zero-order chi connectivity index (χ0) is 21.2. The van der Waals surface area contributed by atoms with Gasteiger partial charge in [-0.05, 0) is 0 Å². The maximum Gasteiger partial charge on any atom is 2.00 e. The van der Waals surface area contributed by atoms with Crippen LogP contribution < -0.4 is 10.2 Å². The quantitative estimate of drug-likeness (QED) is 0.139. The van der Waals surface area contributed by atoms with Gasteiger partial charge in [0.2, 0.25) is 0 Å². The molecule has 0 aromatic carbocycles. The molecule has 0 aliphatic carbocycles. The number of carbonyl (C=O) groups is 2. The van der Waals surface area contributed by atoms with E-state index in [-0.39, 0.29) is 43.2 Å². The molecular formula is C12H24CaO15. The van der Waals surface area contributed by atoms with Crippen LogP contribution in [-0.2, 0) is 9.59 Å². The van der Waals surface area contributed by atoms with Crippen LogP contribution in [0.4, 0.5) is 0 Å². The molecule has 0 fully saturated rings. The van der Waals surface area contributed by atoms with Crippen molar-refractivity contribution in [3.63, 3.8) is 0 Å². The smallest absolute Gasteiger partial charge is 0.547 e. The number of hydrogen-bond acceptors (Lipinski definition) is 14. The molecule has 16 heteroatoms. The fraction of sp³-hybridized carbons (Fsp3) is 0.833. The molecule has 8 atom stereocenters. The van der Waals surface area contributed by atoms with E-state index >= 15 is 0 Å². The van der Waals surface area contributed by atoms with Crippen molar-refractivity contribution < 1.29 is 76.3 Å². The summed E-state index contributed by atoms with van der Waals surface area (Å²) >= 11 is 0. The number of rotatable bonds is 10. The van der Waals surface area contributed by atoms with E-state index in [1.54, 1.807) is 0 Å². The van der Waals surface area contributed by atoms with Crippen LogP contribution in [0.15, 0.2) is 0 Å². The summed E-state index contributed by atoms with van der Waals surface area (Å²) in [7, 11) is 0. The molecule has 28 heavy (non-hydrogen) atoms. The second-order valence-corrected chi connectivity index (χ2v) is 4.99. The molecule has 0 radical (unpaired) electrons. The van der Waals surface area contributed by atoms with Gasteiger partial charge in [-0.25, -0.2) is 0 Å². The molecule has 164 valence electrons. The fourth-order valence-electron chi connectivity index (χ4n) is 1.32. The molecule has 8 unspecified atom stereocenters. The Labute approximate surface area is 187 Å². The van der Waals surface area contributed by atoms with Gasteiger partial charge in [0.25, 0.3) is 0 Å². The average Bonchev–Trinajstić information content (AvgIpc) is 2.62. The minimum absolute atomic E-state index is 0. The number of carboxylic acids is 2. The van der Waals surface area contributed by atoms with Gasteiger partial charge in [0.1, 0.15) is 48.8 Å². The predicted octanol–water partition coefficient (Wildman–Crippen LogP) is -10.9. The van der Waals surface area contributed by atoms with Gasteiger partial charge in [-0.3, -0.25) is 0 Å². The van der Waals surface area contributed by atoms with Crippen LogP contribution in [0.5, 0.6) is 0 Å². The summed E-state index contributed by atoms with van der Waals surface area (Å²) in [5.41, 5.74) is 0. The maximum absolute atomic E-state index is 9.98. The molecule has 0 aromatic rings. The molecule has 12 N–H and O–H groups in total. The molecule has 0 aromatic heterocycles. The first-order valence-corrected chi connectivity index (χ1v) is 6.91. The maximum atomic E-state index is 9.98. The molecule has 0 saturated heterocycles. The number of carbonyl (C=O) groups excluding carboxylic acids is 2. The first kappa shape index (κ1) is 35.2. The van der Waals surface area contributed by atoms with Gasteiger partial charge in [0, 0.05) is 0 Å². The first-order chi connectivity index (χ1) is 11.8. The van der Waals surface area contributed by atoms with Gasteiger partial charge in [-0.1, -0.05) is 0 Å². The van der Waals surface area contributed by atoms with E-state index in [2.05, 4.69) is 0 Å². The van der Waals surface area contributed by atoms with Gasteiger partial charge < -0.3 is 76.3 Å². The Balaban J connectivity index is -0.000000192. The van der Waals surface area contributed by atoms with Crippen molar-refractivity contribution in [3.05, 3.63) is 0 Å². The SMILES string of the molecule is O.O=C([O-])C(O)C(O)C(O)C(O)CO.O=C([O-])C(O)C(O)C(O)C(O)CO.[Ca+2]. The number of carboxylic acid groups (broad SMARTS) is 2. The third-order valence-electron chi connectivity index (χ3n) is 2.99. The molecule has 0 heterocycles. The van der Waals surface area contributed by atoms with E-state index in [1.165, 1.54) is 0 Å². The Morgan fingerprint density at radius 2 is 0.821 bits per heavy atom. The zero-order valence-electron chi connectivity index (χ0n) is 14.3. The molecule has 0 bridgehead atoms. The van der Waals surface area contributed by atoms with Crippen molar-refractivity contribution in [2.45, 2.75) is 48.8 Å². The van der Waals surface area contributed by atoms with E-state index in [9.17, 15) is 19.8 Å². The minimum atomic E-state index is -2.31. The van der Waals surface area contributed by atoms with Crippen LogP contribution in [0.25, 0.3) is 0 Å². The third-order valence-corrected chi connectivity index (χ3v) is 2.99. The van der Waals surface area contributed by atoms with Crippen LogP contribution in [0.3, 0.4) is 0 Å². The van der Waals surface area contributed by atoms with Gasteiger partial charge in [-0.15, -0.1) is 0 Å². The van der Waals surface area contributed by atoms with Crippen molar-refractivity contribution in [3.8, 4) is 0 Å². The van der Waals surface area contributed by atoms with Crippen LogP contribution >= 0.6 is 0 Å². The summed E-state index contributed by atoms with van der Waals surface area (Å²) in [5, 5.41) is 107. The van der Waals surface area contributed by atoms with E-state index in [1.807, 2.05) is 0 Å². The molecule has 0 aliphatic rings. The number of aliphatic carboxylic acids is 2. The monoisotopic (exact) mass is 448 g/mol. The molecule has 15 nitrogen and oxygen atoms in total. The first-order valence-electron chi connectivity index (χ1n) is 6.91. The fourth-order valence-corrected chi connectivity index (χ4v) is 1.32. The summed E-state index contributed by atoms with van der Waals surface area (Å²) in [6.45, 7) is -1.73. The average molecular weight is 448 g/mol. The largest absolute Gasteiger partial charge is 2.00 e. The summed E-state index contributed by atoms with van der Waals surface area (Å²) in [4.78, 5) is 20.0. The third kappa shape index (κ3) is 12.3. The summed E-state index contributed by atoms with van der Waals surface area (Å²) in [5.74, 6) is -3.95. The standard InChI is InChI=1S/2C6H12O7.Ca.H2O/c2*7-1-2(8)3(9)4(10)5(11)6(12)13;;/h2*2-5,7-11H,1H2,(H,12,13);;1H2/q;;+2;/p-2. The molecule has 0 amide bonds. The Morgan fingerprint density at radius 3 is 0.964 bits per heavy atom. The molecular weight excluding hydrogens is 424 g/mol. The Hall–Kier alpha value is -0.240. The minimum Gasteiger partial charge on any atom is -0.547 e. The van der Waals surface area contributed by atoms with Crippen molar-refractivity contribution >= 4 is 49.7 Å². The summed E-state index contributed by atoms with van der Waals surface area (Å²) in [6.07, 6.45) is -16.2. The topological polar surface area (TPSA) is 314 Å². The van der Waals surface area contributed by atoms with Crippen molar-refractivity contribution in [1.29, 1.82) is 0 Å². The normalized spacial score (nSPS) is 18.9. The Kier molecular flexibility index (Phi) is 22.1. The molecule has 0 aliphatic heterocycles. The van der Waals surface area contributed by atoms with Crippen LogP contribution in [0, 0.1) is 0 Å². The van der Waals surface area contributed by atoms with Crippen LogP contribution in [-0.4, -0.2) is 168 Å². The summed E-state index contributed by atoms with van der Waals surface area (Å²) in [6, 6.07) is 0. The molecule has 0 spiro atoms. The van der Waals surface area contributed by atoms with Crippen molar-refractivity contribution in [2.75, 3.05) is 13.2 Å². The van der Waals surface area contributed by atoms with E-state index in [4.69, 9.17) is 51.1 Å². The van der Waals surface area contributed by atoms with Crippen molar-refractivity contribution in [2.24, 2.45) is 0 Å². The number of hydrogen-bond donors (Lipinski definition) is 10. The van der Waals surface area contributed by atoms with E-state index in [0.717, 1.165) is 0 Å². The summed E-state index contributed by atoms with van der Waals surface area (Å²) < 4.78 is 0. The zero-order valence-corrected chi connectivity index (χ0v) is 16.6. The van der Waals surface area contributed by atoms with Crippen molar-refractivity contribution in [1.82, 2.24) is 0 Å². The second kappa shape index (κ2) is 17.6. The van der Waals surface area contributed by atoms with Gasteiger partial charge in [-0.2, -0.15) is 0 Å². The van der Waals surface area contributed by atoms with E-state index < -0.39 is 74.0 Å². The Bertz CT molecular complexity index is 386. The number of aliphatic hydroxyl groups excluding tert-OH is 10. The van der Waals surface area contributed by atoms with Crippen LogP contribution in [0.1, 0.15) is 0 Å². The Morgan fingerprint density at radius 1 is 0.607 bits per heavy atom. The van der Waals surface area contributed by atoms with Crippen LogP contribution in [0.2, 0.25) is 0 Å². The van der Waals surface area contributed by atoms with E-state index in [0.29, 0.717) is 0 Å². The second-order valence-electron chi connectivity index (χ2n) is 4.99. The van der Waals surface area contributed by atoms with Gasteiger partial charge in [0.05, 0.1) is 25.2 Å². The van der Waals surface area contributed by atoms with Gasteiger partial charge in [0.15, 0.2) is 0 Å². The van der Waals surface area contributed by atoms with Gasteiger partial charge >= 0.3 is 37.7 Å². The molecule has 0 rings (SSSR count).